The summed E-state index contributed by atoms with van der Waals surface area (Å²) in [4.78, 5) is 11.0. The van der Waals surface area contributed by atoms with Crippen LogP contribution < -0.4 is 0 Å². The van der Waals surface area contributed by atoms with E-state index in [0.717, 1.165) is 6.42 Å². The van der Waals surface area contributed by atoms with E-state index in [4.69, 9.17) is 4.74 Å². The Morgan fingerprint density at radius 3 is 2.75 bits per heavy atom. The Morgan fingerprint density at radius 1 is 1.58 bits per heavy atom. The third kappa shape index (κ3) is 4.56. The maximum atomic E-state index is 11.0. The van der Waals surface area contributed by atoms with E-state index in [1.54, 1.807) is 6.92 Å². The molecule has 0 aliphatic carbocycles. The molecule has 2 nitrogen and oxygen atoms in total. The van der Waals surface area contributed by atoms with Crippen LogP contribution in [0, 0.1) is 11.8 Å². The van der Waals surface area contributed by atoms with Crippen LogP contribution in [0.1, 0.15) is 26.7 Å². The van der Waals surface area contributed by atoms with Crippen LogP contribution in [0.15, 0.2) is 12.2 Å². The van der Waals surface area contributed by atoms with Crippen LogP contribution in [0.3, 0.4) is 0 Å². The van der Waals surface area contributed by atoms with Crippen LogP contribution in [-0.4, -0.2) is 12.6 Å². The van der Waals surface area contributed by atoms with Crippen LogP contribution in [-0.2, 0) is 9.53 Å². The molecule has 0 atom stereocenters. The summed E-state index contributed by atoms with van der Waals surface area (Å²) in [6.45, 7) is 7.70. The summed E-state index contributed by atoms with van der Waals surface area (Å²) < 4.78 is 4.84. The molecule has 0 N–H and O–H groups in total. The standard InChI is InChI=1S/C10H14O2/c1-4-6-7-9(3)10(11)12-8-5-2/h3,5,7-8H2,1-2H3. The van der Waals surface area contributed by atoms with Gasteiger partial charge >= 0.3 is 5.97 Å². The first-order chi connectivity index (χ1) is 5.72. The van der Waals surface area contributed by atoms with Crippen LogP contribution in [0.4, 0.5) is 0 Å². The molecular weight excluding hydrogens is 152 g/mol. The van der Waals surface area contributed by atoms with Crippen LogP contribution in [0.5, 0.6) is 0 Å². The highest BCUT2D eigenvalue weighted by molar-refractivity contribution is 5.88. The molecule has 0 unspecified atom stereocenters. The van der Waals surface area contributed by atoms with Crippen molar-refractivity contribution in [1.82, 2.24) is 0 Å². The van der Waals surface area contributed by atoms with E-state index in [1.807, 2.05) is 6.92 Å². The molecule has 0 bridgehead atoms. The average molecular weight is 166 g/mol. The van der Waals surface area contributed by atoms with Gasteiger partial charge in [0.15, 0.2) is 0 Å². The Hall–Kier alpha value is -1.23. The maximum Gasteiger partial charge on any atom is 0.334 e. The van der Waals surface area contributed by atoms with E-state index in [-0.39, 0.29) is 5.97 Å². The summed E-state index contributed by atoms with van der Waals surface area (Å²) in [5.74, 6) is 5.11. The summed E-state index contributed by atoms with van der Waals surface area (Å²) in [7, 11) is 0. The summed E-state index contributed by atoms with van der Waals surface area (Å²) in [5, 5.41) is 0. The molecule has 0 aromatic rings. The molecule has 2 heteroatoms. The minimum absolute atomic E-state index is 0.334. The molecule has 0 aliphatic rings. The van der Waals surface area contributed by atoms with E-state index in [0.29, 0.717) is 18.6 Å². The number of hydrogen-bond acceptors (Lipinski definition) is 2. The molecule has 66 valence electrons. The first-order valence-electron chi connectivity index (χ1n) is 3.96. The van der Waals surface area contributed by atoms with Crippen molar-refractivity contribution in [2.45, 2.75) is 26.7 Å². The van der Waals surface area contributed by atoms with Gasteiger partial charge < -0.3 is 4.74 Å². The Labute approximate surface area is 73.6 Å². The molecule has 0 spiro atoms. The zero-order valence-electron chi connectivity index (χ0n) is 7.64. The quantitative estimate of drug-likeness (QED) is 0.362. The van der Waals surface area contributed by atoms with Crippen molar-refractivity contribution in [3.05, 3.63) is 12.2 Å². The van der Waals surface area contributed by atoms with E-state index >= 15 is 0 Å². The molecule has 0 aromatic heterocycles. The molecular formula is C10H14O2. The van der Waals surface area contributed by atoms with Crippen molar-refractivity contribution in [2.24, 2.45) is 0 Å². The second-order valence-electron chi connectivity index (χ2n) is 2.34. The Bertz CT molecular complexity index is 218. The smallest absolute Gasteiger partial charge is 0.334 e. The maximum absolute atomic E-state index is 11.0. The predicted octanol–water partition coefficient (Wildman–Crippen LogP) is 1.91. The molecule has 0 rings (SSSR count). The molecule has 0 aromatic carbocycles. The van der Waals surface area contributed by atoms with Gasteiger partial charge in [-0.1, -0.05) is 19.4 Å². The minimum atomic E-state index is -0.334. The Kier molecular flexibility index (Phi) is 5.81. The lowest BCUT2D eigenvalue weighted by Crippen LogP contribution is -2.07. The largest absolute Gasteiger partial charge is 0.462 e. The van der Waals surface area contributed by atoms with Crippen molar-refractivity contribution in [2.75, 3.05) is 6.61 Å². The van der Waals surface area contributed by atoms with Gasteiger partial charge in [-0.15, -0.1) is 5.92 Å². The van der Waals surface area contributed by atoms with E-state index in [2.05, 4.69) is 18.4 Å². The molecule has 0 saturated carbocycles. The van der Waals surface area contributed by atoms with Crippen molar-refractivity contribution in [3.8, 4) is 11.8 Å². The fraction of sp³-hybridized carbons (Fsp3) is 0.500. The highest BCUT2D eigenvalue weighted by Crippen LogP contribution is 1.99. The third-order valence-electron chi connectivity index (χ3n) is 1.20. The number of carbonyl (C=O) groups excluding carboxylic acids is 1. The molecule has 0 saturated heterocycles. The Morgan fingerprint density at radius 2 is 2.25 bits per heavy atom. The normalized spacial score (nSPS) is 8.17. The van der Waals surface area contributed by atoms with Crippen LogP contribution in [0.25, 0.3) is 0 Å². The summed E-state index contributed by atoms with van der Waals surface area (Å²) in [5.41, 5.74) is 0.429. The van der Waals surface area contributed by atoms with Crippen molar-refractivity contribution in [1.29, 1.82) is 0 Å². The lowest BCUT2D eigenvalue weighted by Gasteiger charge is -2.01. The van der Waals surface area contributed by atoms with Gasteiger partial charge in [0.25, 0.3) is 0 Å². The highest BCUT2D eigenvalue weighted by atomic mass is 16.5. The average Bonchev–Trinajstić information content (AvgIpc) is 2.10. The van der Waals surface area contributed by atoms with Crippen LogP contribution in [0.2, 0.25) is 0 Å². The first-order valence-corrected chi connectivity index (χ1v) is 3.96. The lowest BCUT2D eigenvalue weighted by atomic mass is 10.2. The molecule has 12 heavy (non-hydrogen) atoms. The van der Waals surface area contributed by atoms with E-state index < -0.39 is 0 Å². The summed E-state index contributed by atoms with van der Waals surface area (Å²) in [6.07, 6.45) is 1.23. The van der Waals surface area contributed by atoms with Gasteiger partial charge in [-0.2, -0.15) is 0 Å². The van der Waals surface area contributed by atoms with Gasteiger partial charge in [-0.25, -0.2) is 4.79 Å². The number of esters is 1. The highest BCUT2D eigenvalue weighted by Gasteiger charge is 2.05. The monoisotopic (exact) mass is 166 g/mol. The van der Waals surface area contributed by atoms with Gasteiger partial charge in [0.05, 0.1) is 6.61 Å². The molecule has 0 radical (unpaired) electrons. The topological polar surface area (TPSA) is 26.3 Å². The second kappa shape index (κ2) is 6.48. The predicted molar refractivity (Wildman–Crippen MR) is 48.5 cm³/mol. The van der Waals surface area contributed by atoms with Gasteiger partial charge in [-0.3, -0.25) is 0 Å². The summed E-state index contributed by atoms with van der Waals surface area (Å²) in [6, 6.07) is 0. The number of ether oxygens (including phenoxy) is 1. The van der Waals surface area contributed by atoms with Gasteiger partial charge in [0, 0.05) is 12.0 Å². The van der Waals surface area contributed by atoms with Gasteiger partial charge in [0.2, 0.25) is 0 Å². The van der Waals surface area contributed by atoms with Gasteiger partial charge in [0.1, 0.15) is 0 Å². The molecule has 0 amide bonds. The number of rotatable bonds is 4. The SMILES string of the molecule is C=C(CC#CC)C(=O)OCCC. The van der Waals surface area contributed by atoms with Crippen molar-refractivity contribution < 1.29 is 9.53 Å². The van der Waals surface area contributed by atoms with Crippen LogP contribution >= 0.6 is 0 Å². The molecule has 0 heterocycles. The lowest BCUT2D eigenvalue weighted by molar-refractivity contribution is -0.139. The second-order valence-corrected chi connectivity index (χ2v) is 2.34. The number of hydrogen-bond donors (Lipinski definition) is 0. The molecule has 0 aliphatic heterocycles. The third-order valence-corrected chi connectivity index (χ3v) is 1.20. The Balaban J connectivity index is 3.75. The minimum Gasteiger partial charge on any atom is -0.462 e. The van der Waals surface area contributed by atoms with Gasteiger partial charge in [-0.05, 0) is 13.3 Å². The van der Waals surface area contributed by atoms with Crippen molar-refractivity contribution >= 4 is 5.97 Å². The first kappa shape index (κ1) is 10.8. The van der Waals surface area contributed by atoms with E-state index in [9.17, 15) is 4.79 Å². The zero-order valence-corrected chi connectivity index (χ0v) is 7.64. The molecule has 0 fully saturated rings. The fourth-order valence-electron chi connectivity index (χ4n) is 0.564. The number of carbonyl (C=O) groups is 1. The van der Waals surface area contributed by atoms with Crippen molar-refractivity contribution in [3.63, 3.8) is 0 Å². The zero-order chi connectivity index (χ0) is 9.40. The van der Waals surface area contributed by atoms with E-state index in [1.165, 1.54) is 0 Å². The fourth-order valence-corrected chi connectivity index (χ4v) is 0.564. The summed E-state index contributed by atoms with van der Waals surface area (Å²) >= 11 is 0.